The van der Waals surface area contributed by atoms with E-state index in [1.165, 1.54) is 209 Å². The maximum Gasteiger partial charge on any atom is 2.00 e. The molecule has 0 aliphatic rings. The summed E-state index contributed by atoms with van der Waals surface area (Å²) in [7, 11) is 0. The van der Waals surface area contributed by atoms with E-state index in [1.807, 2.05) is 0 Å². The molecule has 62 heavy (non-hydrogen) atoms. The SMILES string of the molecule is CCCCCCc1[c-]cccc1CCCCCC.CCCCCCc1[c-]cccc1CCCCCC.CCCCCCc1[c-]cccc1CCCCCC.[O-]P([O-])(=S)[S-].[Zn+2].[Zn+2].[Zn+2]. The van der Waals surface area contributed by atoms with Crippen LogP contribution >= 0.6 is 5.69 Å². The van der Waals surface area contributed by atoms with Crippen LogP contribution < -0.4 is 9.79 Å². The van der Waals surface area contributed by atoms with Crippen molar-refractivity contribution in [3.63, 3.8) is 0 Å². The van der Waals surface area contributed by atoms with Crippen molar-refractivity contribution in [3.8, 4) is 0 Å². The Hall–Kier alpha value is 0.450. The first-order chi connectivity index (χ1) is 28.6. The van der Waals surface area contributed by atoms with Crippen LogP contribution in [0.2, 0.25) is 0 Å². The molecule has 0 bridgehead atoms. The molecule has 0 heterocycles. The van der Waals surface area contributed by atoms with Crippen LogP contribution in [0.4, 0.5) is 0 Å². The van der Waals surface area contributed by atoms with Gasteiger partial charge in [-0.15, -0.1) is 0 Å². The quantitative estimate of drug-likeness (QED) is 0.0219. The second kappa shape index (κ2) is 50.9. The number of hydrogen-bond donors (Lipinski definition) is 0. The van der Waals surface area contributed by atoms with E-state index < -0.39 is 5.69 Å². The Morgan fingerprint density at radius 1 is 0.387 bits per heavy atom. The number of hydrogen-bond acceptors (Lipinski definition) is 4. The molecule has 0 radical (unpaired) electrons. The minimum Gasteiger partial charge on any atom is -0.850 e. The second-order valence-corrected chi connectivity index (χ2v) is 20.8. The fourth-order valence-corrected chi connectivity index (χ4v) is 7.33. The van der Waals surface area contributed by atoms with Gasteiger partial charge in [-0.05, 0) is 0 Å². The number of benzene rings is 3. The minimum absolute atomic E-state index is 0. The zero-order valence-corrected chi connectivity index (χ0v) is 52.5. The Balaban J connectivity index is -0.000000376. The zero-order valence-electron chi connectivity index (χ0n) is 41.1. The molecular weight excluding hydrogens is 972 g/mol. The predicted octanol–water partition coefficient (Wildman–Crippen LogP) is 15.7. The molecule has 0 fully saturated rings. The summed E-state index contributed by atoms with van der Waals surface area (Å²) in [5.41, 5.74) is 5.35. The van der Waals surface area contributed by atoms with Gasteiger partial charge < -0.3 is 27.7 Å². The summed E-state index contributed by atoms with van der Waals surface area (Å²) in [6.07, 6.45) is 39.9. The van der Waals surface area contributed by atoms with Gasteiger partial charge in [-0.1, -0.05) is 234 Å². The molecule has 3 aromatic carbocycles. The van der Waals surface area contributed by atoms with Crippen LogP contribution in [0.1, 0.15) is 229 Å². The van der Waals surface area contributed by atoms with Crippen molar-refractivity contribution in [1.29, 1.82) is 0 Å². The van der Waals surface area contributed by atoms with Crippen molar-refractivity contribution in [2.45, 2.75) is 234 Å². The molecular formula is C54H87O2PS2Zn3. The molecule has 3 aromatic rings. The average molecular weight is 1060 g/mol. The second-order valence-electron chi connectivity index (χ2n) is 16.3. The molecule has 0 aliphatic heterocycles. The third kappa shape index (κ3) is 44.3. The predicted molar refractivity (Wildman–Crippen MR) is 265 cm³/mol. The Labute approximate surface area is 434 Å². The molecule has 0 amide bonds. The standard InChI is InChI=1S/3C18H29.H3O2PS2.3Zn/c3*1-3-5-7-9-13-17-15-11-12-16-18(17)14-10-8-6-4-2;1-3(2,4)5;;;/h3*11-12,15H,3-10,13-14H2,1-2H3;(H3,1,2,4,5);;;/q3*-1;;3*+2/p-3. The van der Waals surface area contributed by atoms with Crippen molar-refractivity contribution < 1.29 is 68.2 Å². The minimum atomic E-state index is -3.72. The number of aryl methyl sites for hydroxylation is 6. The van der Waals surface area contributed by atoms with Gasteiger partial charge in [0.2, 0.25) is 0 Å². The van der Waals surface area contributed by atoms with Gasteiger partial charge in [0.25, 0.3) is 0 Å². The molecule has 0 atom stereocenters. The van der Waals surface area contributed by atoms with Crippen molar-refractivity contribution in [3.05, 3.63) is 106 Å². The fraction of sp³-hybridized carbons (Fsp3) is 0.667. The molecule has 8 heteroatoms. The van der Waals surface area contributed by atoms with Gasteiger partial charge in [0.15, 0.2) is 0 Å². The molecule has 2 nitrogen and oxygen atoms in total. The van der Waals surface area contributed by atoms with E-state index in [2.05, 4.69) is 138 Å². The average Bonchev–Trinajstić information content (AvgIpc) is 3.23. The molecule has 0 saturated heterocycles. The molecule has 0 aromatic heterocycles. The Morgan fingerprint density at radius 2 is 0.581 bits per heavy atom. The van der Waals surface area contributed by atoms with E-state index in [9.17, 15) is 9.79 Å². The molecule has 0 spiro atoms. The summed E-state index contributed by atoms with van der Waals surface area (Å²) >= 11 is 7.28. The van der Waals surface area contributed by atoms with Gasteiger partial charge in [0, 0.05) is 0 Å². The van der Waals surface area contributed by atoms with Crippen LogP contribution in [0.15, 0.2) is 54.6 Å². The van der Waals surface area contributed by atoms with E-state index in [0.717, 1.165) is 0 Å². The van der Waals surface area contributed by atoms with Gasteiger partial charge in [-0.2, -0.15) is 118 Å². The van der Waals surface area contributed by atoms with Gasteiger partial charge in [-0.25, -0.2) is 0 Å². The summed E-state index contributed by atoms with van der Waals surface area (Å²) in [5, 5.41) is 0. The van der Waals surface area contributed by atoms with Crippen LogP contribution in [0.3, 0.4) is 0 Å². The van der Waals surface area contributed by atoms with Crippen LogP contribution in [0, 0.1) is 18.2 Å². The maximum atomic E-state index is 9.29. The van der Waals surface area contributed by atoms with E-state index in [4.69, 9.17) is 0 Å². The molecule has 0 unspecified atom stereocenters. The van der Waals surface area contributed by atoms with Gasteiger partial charge in [0.05, 0.1) is 0 Å². The van der Waals surface area contributed by atoms with E-state index in [1.54, 1.807) is 16.7 Å². The first kappa shape index (κ1) is 69.0. The van der Waals surface area contributed by atoms with Crippen LogP contribution in [-0.2, 0) is 121 Å². The van der Waals surface area contributed by atoms with Gasteiger partial charge in [-0.3, -0.25) is 0 Å². The third-order valence-corrected chi connectivity index (χ3v) is 10.9. The van der Waals surface area contributed by atoms with E-state index in [0.29, 0.717) is 0 Å². The topological polar surface area (TPSA) is 46.1 Å². The molecule has 0 N–H and O–H groups in total. The van der Waals surface area contributed by atoms with Crippen LogP contribution in [-0.4, -0.2) is 0 Å². The largest absolute Gasteiger partial charge is 2.00 e. The van der Waals surface area contributed by atoms with Crippen LogP contribution in [0.5, 0.6) is 0 Å². The zero-order chi connectivity index (χ0) is 43.7. The first-order valence-corrected chi connectivity index (χ1v) is 28.0. The molecule has 338 valence electrons. The third-order valence-electron chi connectivity index (χ3n) is 10.9. The smallest absolute Gasteiger partial charge is 0.850 e. The summed E-state index contributed by atoms with van der Waals surface area (Å²) in [5.74, 6) is 0. The summed E-state index contributed by atoms with van der Waals surface area (Å²) in [6, 6.07) is 29.9. The number of unbranched alkanes of at least 4 members (excludes halogenated alkanes) is 18. The normalized spacial score (nSPS) is 10.3. The van der Waals surface area contributed by atoms with Crippen molar-refractivity contribution >= 4 is 29.7 Å². The van der Waals surface area contributed by atoms with Crippen molar-refractivity contribution in [1.82, 2.24) is 0 Å². The fourth-order valence-electron chi connectivity index (χ4n) is 7.33. The van der Waals surface area contributed by atoms with E-state index >= 15 is 0 Å². The van der Waals surface area contributed by atoms with Crippen LogP contribution in [0.25, 0.3) is 0 Å². The van der Waals surface area contributed by atoms with Crippen molar-refractivity contribution in [2.24, 2.45) is 0 Å². The summed E-state index contributed by atoms with van der Waals surface area (Å²) in [6.45, 7) is 13.6. The number of rotatable bonds is 30. The first-order valence-electron chi connectivity index (χ1n) is 24.3. The molecule has 3 rings (SSSR count). The van der Waals surface area contributed by atoms with Gasteiger partial charge in [0.1, 0.15) is 0 Å². The maximum absolute atomic E-state index is 9.29. The molecule has 0 saturated carbocycles. The Morgan fingerprint density at radius 3 is 0.774 bits per heavy atom. The summed E-state index contributed by atoms with van der Waals surface area (Å²) < 4.78 is 0. The Kier molecular flexibility index (Phi) is 56.6. The Bertz CT molecular complexity index is 1150. The summed E-state index contributed by atoms with van der Waals surface area (Å²) in [4.78, 5) is 18.6. The molecule has 0 aliphatic carbocycles. The van der Waals surface area contributed by atoms with Crippen molar-refractivity contribution in [2.75, 3.05) is 0 Å². The van der Waals surface area contributed by atoms with Gasteiger partial charge >= 0.3 is 58.4 Å². The van der Waals surface area contributed by atoms with E-state index in [-0.39, 0.29) is 58.4 Å². The monoisotopic (exact) mass is 1050 g/mol.